The second-order valence-electron chi connectivity index (χ2n) is 3.10. The zero-order chi connectivity index (χ0) is 13.6. The van der Waals surface area contributed by atoms with Gasteiger partial charge in [0.2, 0.25) is 0 Å². The molecule has 0 saturated heterocycles. The number of carboxylic acid groups (broad SMARTS) is 2. The van der Waals surface area contributed by atoms with Crippen LogP contribution in [0.4, 0.5) is 8.78 Å². The van der Waals surface area contributed by atoms with E-state index in [9.17, 15) is 26.8 Å². The lowest BCUT2D eigenvalue weighted by molar-refractivity contribution is -0.140. The van der Waals surface area contributed by atoms with Crippen LogP contribution in [-0.2, 0) is 19.6 Å². The normalized spacial score (nSPS) is 13.6. The maximum atomic E-state index is 11.9. The molecule has 0 unspecified atom stereocenters. The lowest BCUT2D eigenvalue weighted by Gasteiger charge is -2.13. The van der Waals surface area contributed by atoms with E-state index in [1.54, 1.807) is 0 Å². The molecule has 0 aliphatic carbocycles. The zero-order valence-corrected chi connectivity index (χ0v) is 9.28. The van der Waals surface area contributed by atoms with Crippen molar-refractivity contribution in [2.24, 2.45) is 0 Å². The van der Waals surface area contributed by atoms with Gasteiger partial charge in [-0.05, 0) is 12.8 Å². The van der Waals surface area contributed by atoms with E-state index in [4.69, 9.17) is 10.2 Å². The molecule has 10 heteroatoms. The van der Waals surface area contributed by atoms with Crippen molar-refractivity contribution >= 4 is 22.0 Å². The van der Waals surface area contributed by atoms with Gasteiger partial charge < -0.3 is 10.2 Å². The van der Waals surface area contributed by atoms with Crippen LogP contribution in [0.25, 0.3) is 0 Å². The minimum atomic E-state index is -5.00. The standard InChI is InChI=1S/C7H11F2NO6S/c8-7(9)17(15,16)10-4(6(13)14)2-1-3-5(11)12/h4,7,10H,1-3H2,(H,11,12)(H,13,14)/t4-/m1/s1. The molecule has 0 heterocycles. The summed E-state index contributed by atoms with van der Waals surface area (Å²) in [5, 5.41) is 16.8. The minimum Gasteiger partial charge on any atom is -0.481 e. The average Bonchev–Trinajstić information content (AvgIpc) is 2.14. The van der Waals surface area contributed by atoms with Gasteiger partial charge in [0.1, 0.15) is 6.04 Å². The topological polar surface area (TPSA) is 121 Å². The molecule has 7 nitrogen and oxygen atoms in total. The molecule has 0 saturated carbocycles. The van der Waals surface area contributed by atoms with Crippen LogP contribution < -0.4 is 4.72 Å². The molecule has 100 valence electrons. The number of sulfonamides is 1. The number of aliphatic carboxylic acids is 2. The molecule has 0 rings (SSSR count). The van der Waals surface area contributed by atoms with Gasteiger partial charge in [-0.3, -0.25) is 9.59 Å². The number of carbonyl (C=O) groups is 2. The highest BCUT2D eigenvalue weighted by molar-refractivity contribution is 7.89. The predicted molar refractivity (Wildman–Crippen MR) is 51.0 cm³/mol. The number of halogens is 2. The molecule has 17 heavy (non-hydrogen) atoms. The van der Waals surface area contributed by atoms with Crippen LogP contribution in [0.2, 0.25) is 0 Å². The highest BCUT2D eigenvalue weighted by Crippen LogP contribution is 2.07. The Hall–Kier alpha value is -1.29. The molecule has 0 bridgehead atoms. The van der Waals surface area contributed by atoms with E-state index in [0.717, 1.165) is 0 Å². The fourth-order valence-corrected chi connectivity index (χ4v) is 1.66. The van der Waals surface area contributed by atoms with Crippen LogP contribution in [0.5, 0.6) is 0 Å². The van der Waals surface area contributed by atoms with Crippen molar-refractivity contribution in [3.63, 3.8) is 0 Å². The van der Waals surface area contributed by atoms with E-state index < -0.39 is 33.8 Å². The average molecular weight is 275 g/mol. The van der Waals surface area contributed by atoms with Gasteiger partial charge in [-0.2, -0.15) is 13.5 Å². The monoisotopic (exact) mass is 275 g/mol. The van der Waals surface area contributed by atoms with Crippen molar-refractivity contribution in [2.45, 2.75) is 31.1 Å². The number of rotatable bonds is 8. The summed E-state index contributed by atoms with van der Waals surface area (Å²) in [6.07, 6.45) is -0.897. The smallest absolute Gasteiger partial charge is 0.350 e. The first-order valence-electron chi connectivity index (χ1n) is 4.40. The van der Waals surface area contributed by atoms with Gasteiger partial charge in [-0.1, -0.05) is 0 Å². The second-order valence-corrected chi connectivity index (χ2v) is 4.78. The van der Waals surface area contributed by atoms with E-state index in [0.29, 0.717) is 0 Å². The van der Waals surface area contributed by atoms with Crippen molar-refractivity contribution in [1.82, 2.24) is 4.72 Å². The molecular formula is C7H11F2NO6S. The number of carboxylic acids is 2. The summed E-state index contributed by atoms with van der Waals surface area (Å²) in [7, 11) is -5.00. The van der Waals surface area contributed by atoms with E-state index in [-0.39, 0.29) is 19.3 Å². The van der Waals surface area contributed by atoms with Crippen LogP contribution in [0.15, 0.2) is 0 Å². The van der Waals surface area contributed by atoms with Crippen LogP contribution in [-0.4, -0.2) is 42.4 Å². The highest BCUT2D eigenvalue weighted by atomic mass is 32.2. The van der Waals surface area contributed by atoms with E-state index >= 15 is 0 Å². The fourth-order valence-electron chi connectivity index (χ4n) is 0.940. The first-order chi connectivity index (χ1) is 7.66. The first-order valence-corrected chi connectivity index (χ1v) is 5.95. The Balaban J connectivity index is 4.46. The number of hydrogen-bond acceptors (Lipinski definition) is 4. The Morgan fingerprint density at radius 3 is 2.12 bits per heavy atom. The Labute approximate surface area is 95.5 Å². The summed E-state index contributed by atoms with van der Waals surface area (Å²) in [4.78, 5) is 20.7. The van der Waals surface area contributed by atoms with Gasteiger partial charge in [0.05, 0.1) is 0 Å². The van der Waals surface area contributed by atoms with Gasteiger partial charge >= 0.3 is 17.7 Å². The number of alkyl halides is 2. The summed E-state index contributed by atoms with van der Waals surface area (Å²) in [6, 6.07) is -1.76. The molecular weight excluding hydrogens is 264 g/mol. The van der Waals surface area contributed by atoms with Crippen molar-refractivity contribution in [1.29, 1.82) is 0 Å². The Morgan fingerprint density at radius 1 is 1.24 bits per heavy atom. The van der Waals surface area contributed by atoms with Gasteiger partial charge in [-0.25, -0.2) is 8.42 Å². The maximum absolute atomic E-state index is 11.9. The van der Waals surface area contributed by atoms with Gasteiger partial charge in [0.25, 0.3) is 10.0 Å². The first kappa shape index (κ1) is 15.7. The highest BCUT2D eigenvalue weighted by Gasteiger charge is 2.30. The molecule has 0 aliphatic heterocycles. The van der Waals surface area contributed by atoms with Crippen molar-refractivity contribution in [3.8, 4) is 0 Å². The Bertz CT molecular complexity index is 382. The van der Waals surface area contributed by atoms with Crippen molar-refractivity contribution in [3.05, 3.63) is 0 Å². The summed E-state index contributed by atoms with van der Waals surface area (Å²) < 4.78 is 46.6. The maximum Gasteiger partial charge on any atom is 0.350 e. The molecule has 0 spiro atoms. The third kappa shape index (κ3) is 6.12. The third-order valence-corrected chi connectivity index (χ3v) is 2.80. The van der Waals surface area contributed by atoms with Gasteiger partial charge in [-0.15, -0.1) is 0 Å². The Kier molecular flexibility index (Phi) is 5.96. The number of hydrogen-bond donors (Lipinski definition) is 3. The summed E-state index contributed by atoms with van der Waals surface area (Å²) >= 11 is 0. The minimum absolute atomic E-state index is 0.141. The summed E-state index contributed by atoms with van der Waals surface area (Å²) in [5.41, 5.74) is 0. The van der Waals surface area contributed by atoms with E-state index in [2.05, 4.69) is 0 Å². The second kappa shape index (κ2) is 6.45. The molecule has 1 atom stereocenters. The molecule has 0 aromatic carbocycles. The fraction of sp³-hybridized carbons (Fsp3) is 0.714. The molecule has 0 aliphatic rings. The van der Waals surface area contributed by atoms with E-state index in [1.807, 2.05) is 0 Å². The molecule has 0 fully saturated rings. The Morgan fingerprint density at radius 2 is 1.76 bits per heavy atom. The lowest BCUT2D eigenvalue weighted by Crippen LogP contribution is -2.43. The summed E-state index contributed by atoms with van der Waals surface area (Å²) in [5.74, 6) is -6.56. The quantitative estimate of drug-likeness (QED) is 0.566. The van der Waals surface area contributed by atoms with Gasteiger partial charge in [0, 0.05) is 6.42 Å². The van der Waals surface area contributed by atoms with Crippen LogP contribution >= 0.6 is 0 Å². The molecule has 0 aromatic rings. The largest absolute Gasteiger partial charge is 0.481 e. The van der Waals surface area contributed by atoms with Crippen LogP contribution in [0.1, 0.15) is 19.3 Å². The molecule has 0 radical (unpaired) electrons. The van der Waals surface area contributed by atoms with Crippen LogP contribution in [0, 0.1) is 0 Å². The molecule has 0 amide bonds. The zero-order valence-electron chi connectivity index (χ0n) is 8.47. The third-order valence-electron chi connectivity index (χ3n) is 1.72. The number of nitrogens with one attached hydrogen (secondary N) is 1. The van der Waals surface area contributed by atoms with Gasteiger partial charge in [0.15, 0.2) is 0 Å². The van der Waals surface area contributed by atoms with Crippen LogP contribution in [0.3, 0.4) is 0 Å². The summed E-state index contributed by atoms with van der Waals surface area (Å²) in [6.45, 7) is 0. The van der Waals surface area contributed by atoms with Crippen molar-refractivity contribution in [2.75, 3.05) is 0 Å². The molecule has 3 N–H and O–H groups in total. The lowest BCUT2D eigenvalue weighted by atomic mass is 10.1. The van der Waals surface area contributed by atoms with Crippen molar-refractivity contribution < 1.29 is 37.0 Å². The predicted octanol–water partition coefficient (Wildman–Crippen LogP) is -0.164. The molecule has 0 aromatic heterocycles. The SMILES string of the molecule is O=C(O)CCC[C@@H](NS(=O)(=O)C(F)F)C(=O)O. The van der Waals surface area contributed by atoms with E-state index in [1.165, 1.54) is 4.72 Å².